The van der Waals surface area contributed by atoms with Crippen molar-refractivity contribution in [3.05, 3.63) is 64.2 Å². The van der Waals surface area contributed by atoms with Gasteiger partial charge in [0.15, 0.2) is 11.0 Å². The average Bonchev–Trinajstić information content (AvgIpc) is 3.20. The predicted octanol–water partition coefficient (Wildman–Crippen LogP) is 4.44. The number of rotatable bonds is 10. The van der Waals surface area contributed by atoms with E-state index in [1.54, 1.807) is 34.9 Å². The third-order valence-electron chi connectivity index (χ3n) is 4.42. The highest BCUT2D eigenvalue weighted by molar-refractivity contribution is 7.99. The number of hydrogen-bond acceptors (Lipinski definition) is 8. The van der Waals surface area contributed by atoms with Gasteiger partial charge in [-0.25, -0.2) is 0 Å². The van der Waals surface area contributed by atoms with Gasteiger partial charge in [0.25, 0.3) is 5.69 Å². The number of amides is 1. The van der Waals surface area contributed by atoms with E-state index in [0.717, 1.165) is 11.8 Å². The van der Waals surface area contributed by atoms with Gasteiger partial charge in [0.05, 0.1) is 35.6 Å². The minimum atomic E-state index is -0.475. The number of carbonyl (C=O) groups is 1. The van der Waals surface area contributed by atoms with Crippen LogP contribution >= 0.6 is 23.4 Å². The smallest absolute Gasteiger partial charge is 0.270 e. The number of methoxy groups -OCH3 is 2. The first-order chi connectivity index (χ1) is 15.9. The number of hydrogen-bond donors (Lipinski definition) is 1. The Morgan fingerprint density at radius 1 is 1.27 bits per heavy atom. The number of aromatic nitrogens is 3. The summed E-state index contributed by atoms with van der Waals surface area (Å²) in [5, 5.41) is 23.0. The third kappa shape index (κ3) is 5.62. The van der Waals surface area contributed by atoms with Crippen molar-refractivity contribution in [3.8, 4) is 22.9 Å². The summed E-state index contributed by atoms with van der Waals surface area (Å²) in [7, 11) is 2.96. The van der Waals surface area contributed by atoms with Crippen LogP contribution in [0.2, 0.25) is 5.02 Å². The molecule has 0 saturated carbocycles. The highest BCUT2D eigenvalue weighted by Crippen LogP contribution is 2.36. The number of ether oxygens (including phenoxy) is 2. The molecule has 0 saturated heterocycles. The number of halogens is 1. The zero-order chi connectivity index (χ0) is 24.0. The first-order valence-corrected chi connectivity index (χ1v) is 10.9. The number of carbonyl (C=O) groups excluding carboxylic acids is 1. The summed E-state index contributed by atoms with van der Waals surface area (Å²) in [4.78, 5) is 23.2. The Morgan fingerprint density at radius 3 is 2.70 bits per heavy atom. The number of nitro groups is 1. The van der Waals surface area contributed by atoms with Crippen molar-refractivity contribution in [1.82, 2.24) is 14.8 Å². The fourth-order valence-corrected chi connectivity index (χ4v) is 3.92. The molecule has 172 valence electrons. The van der Waals surface area contributed by atoms with E-state index in [1.807, 2.05) is 0 Å². The molecule has 2 aromatic carbocycles. The lowest BCUT2D eigenvalue weighted by Crippen LogP contribution is -2.15. The van der Waals surface area contributed by atoms with Crippen LogP contribution < -0.4 is 14.8 Å². The largest absolute Gasteiger partial charge is 0.495 e. The lowest BCUT2D eigenvalue weighted by molar-refractivity contribution is -0.384. The molecule has 1 amide bonds. The van der Waals surface area contributed by atoms with E-state index in [9.17, 15) is 14.9 Å². The second-order valence-electron chi connectivity index (χ2n) is 6.54. The summed E-state index contributed by atoms with van der Waals surface area (Å²) in [6.45, 7) is 4.10. The lowest BCUT2D eigenvalue weighted by Gasteiger charge is -2.13. The van der Waals surface area contributed by atoms with E-state index in [-0.39, 0.29) is 17.3 Å². The van der Waals surface area contributed by atoms with Crippen LogP contribution in [-0.4, -0.2) is 45.6 Å². The number of nitro benzene ring substituents is 1. The molecule has 0 atom stereocenters. The summed E-state index contributed by atoms with van der Waals surface area (Å²) >= 11 is 7.31. The lowest BCUT2D eigenvalue weighted by atomic mass is 10.2. The van der Waals surface area contributed by atoms with Gasteiger partial charge in [-0.15, -0.1) is 16.8 Å². The van der Waals surface area contributed by atoms with E-state index in [4.69, 9.17) is 21.1 Å². The Bertz CT molecular complexity index is 1200. The molecule has 0 bridgehead atoms. The minimum Gasteiger partial charge on any atom is -0.495 e. The van der Waals surface area contributed by atoms with E-state index >= 15 is 0 Å². The van der Waals surface area contributed by atoms with Gasteiger partial charge in [-0.2, -0.15) is 0 Å². The average molecular weight is 490 g/mol. The molecule has 0 aliphatic carbocycles. The fourth-order valence-electron chi connectivity index (χ4n) is 2.94. The van der Waals surface area contributed by atoms with Gasteiger partial charge in [0, 0.05) is 30.3 Å². The highest BCUT2D eigenvalue weighted by atomic mass is 35.5. The van der Waals surface area contributed by atoms with E-state index in [2.05, 4.69) is 22.1 Å². The Kier molecular flexibility index (Phi) is 7.91. The van der Waals surface area contributed by atoms with Gasteiger partial charge >= 0.3 is 0 Å². The van der Waals surface area contributed by atoms with Gasteiger partial charge < -0.3 is 14.8 Å². The number of benzene rings is 2. The van der Waals surface area contributed by atoms with Gasteiger partial charge in [-0.3, -0.25) is 19.5 Å². The van der Waals surface area contributed by atoms with Crippen molar-refractivity contribution < 1.29 is 19.2 Å². The molecule has 0 spiro atoms. The number of allylic oxidation sites excluding steroid dienone is 1. The molecular formula is C21H20ClN5O5S. The number of non-ortho nitro benzene ring substituents is 1. The third-order valence-corrected chi connectivity index (χ3v) is 5.69. The molecule has 1 aromatic heterocycles. The van der Waals surface area contributed by atoms with Gasteiger partial charge in [0.2, 0.25) is 5.91 Å². The van der Waals surface area contributed by atoms with Crippen LogP contribution in [0.5, 0.6) is 11.5 Å². The summed E-state index contributed by atoms with van der Waals surface area (Å²) in [5.74, 6) is 0.969. The molecule has 0 unspecified atom stereocenters. The van der Waals surface area contributed by atoms with Crippen molar-refractivity contribution >= 4 is 40.6 Å². The van der Waals surface area contributed by atoms with Crippen molar-refractivity contribution in [2.45, 2.75) is 11.7 Å². The molecule has 12 heteroatoms. The molecule has 0 fully saturated rings. The molecule has 0 aliphatic rings. The van der Waals surface area contributed by atoms with Crippen LogP contribution in [-0.2, 0) is 11.3 Å². The van der Waals surface area contributed by atoms with Crippen molar-refractivity contribution in [3.63, 3.8) is 0 Å². The van der Waals surface area contributed by atoms with Crippen molar-refractivity contribution in [2.75, 3.05) is 25.3 Å². The van der Waals surface area contributed by atoms with Crippen LogP contribution in [0.4, 0.5) is 11.4 Å². The van der Waals surface area contributed by atoms with E-state index in [1.165, 1.54) is 26.4 Å². The van der Waals surface area contributed by atoms with E-state index < -0.39 is 4.92 Å². The van der Waals surface area contributed by atoms with E-state index in [0.29, 0.717) is 45.3 Å². The zero-order valence-corrected chi connectivity index (χ0v) is 19.4. The summed E-state index contributed by atoms with van der Waals surface area (Å²) in [6, 6.07) is 9.23. The molecule has 3 rings (SSSR count). The van der Waals surface area contributed by atoms with Crippen LogP contribution in [0.3, 0.4) is 0 Å². The first-order valence-electron chi connectivity index (χ1n) is 9.51. The van der Waals surface area contributed by atoms with Crippen LogP contribution in [0.15, 0.2) is 54.2 Å². The first kappa shape index (κ1) is 24.1. The number of nitrogens with one attached hydrogen (secondary N) is 1. The molecule has 0 aliphatic heterocycles. The molecular weight excluding hydrogens is 470 g/mol. The SMILES string of the molecule is C=CCn1c(SCC(=O)Nc2cc(Cl)c(OC)cc2OC)nnc1-c1cccc([N+](=O)[O-])c1. The molecule has 33 heavy (non-hydrogen) atoms. The number of nitrogens with zero attached hydrogens (tertiary/aromatic N) is 4. The fraction of sp³-hybridized carbons (Fsp3) is 0.190. The number of anilines is 1. The zero-order valence-electron chi connectivity index (χ0n) is 17.8. The summed E-state index contributed by atoms with van der Waals surface area (Å²) < 4.78 is 12.2. The quantitative estimate of drug-likeness (QED) is 0.192. The van der Waals surface area contributed by atoms with Gasteiger partial charge in [-0.1, -0.05) is 41.6 Å². The predicted molar refractivity (Wildman–Crippen MR) is 126 cm³/mol. The Labute approximate surface area is 198 Å². The van der Waals surface area contributed by atoms with Crippen LogP contribution in [0.25, 0.3) is 11.4 Å². The molecule has 10 nitrogen and oxygen atoms in total. The normalized spacial score (nSPS) is 10.5. The molecule has 3 aromatic rings. The topological polar surface area (TPSA) is 121 Å². The second kappa shape index (κ2) is 10.8. The Hall–Kier alpha value is -3.57. The highest BCUT2D eigenvalue weighted by Gasteiger charge is 2.18. The van der Waals surface area contributed by atoms with Crippen LogP contribution in [0, 0.1) is 10.1 Å². The second-order valence-corrected chi connectivity index (χ2v) is 7.89. The Balaban J connectivity index is 1.77. The van der Waals surface area contributed by atoms with Gasteiger partial charge in [0.1, 0.15) is 11.5 Å². The van der Waals surface area contributed by atoms with Crippen LogP contribution in [0.1, 0.15) is 0 Å². The maximum Gasteiger partial charge on any atom is 0.270 e. The number of thioether (sulfide) groups is 1. The molecule has 0 radical (unpaired) electrons. The summed E-state index contributed by atoms with van der Waals surface area (Å²) in [6.07, 6.45) is 1.65. The van der Waals surface area contributed by atoms with Gasteiger partial charge in [-0.05, 0) is 6.07 Å². The Morgan fingerprint density at radius 2 is 2.03 bits per heavy atom. The summed E-state index contributed by atoms with van der Waals surface area (Å²) in [5.41, 5.74) is 0.882. The van der Waals surface area contributed by atoms with Crippen molar-refractivity contribution in [1.29, 1.82) is 0 Å². The maximum atomic E-state index is 12.6. The maximum absolute atomic E-state index is 12.6. The van der Waals surface area contributed by atoms with Crippen molar-refractivity contribution in [2.24, 2.45) is 0 Å². The molecule has 1 heterocycles. The monoisotopic (exact) mass is 489 g/mol. The molecule has 1 N–H and O–H groups in total. The minimum absolute atomic E-state index is 0.0248. The standard InChI is InChI=1S/C21H20ClN5O5S/c1-4-8-26-20(13-6-5-7-14(9-13)27(29)30)24-25-21(26)33-12-19(28)23-16-10-15(22)17(31-2)11-18(16)32-3/h4-7,9-11H,1,8,12H2,2-3H3,(H,23,28).